The van der Waals surface area contributed by atoms with Crippen LogP contribution in [0.1, 0.15) is 51.7 Å². The Labute approximate surface area is 137 Å². The van der Waals surface area contributed by atoms with Crippen molar-refractivity contribution in [2.75, 3.05) is 13.1 Å². The highest BCUT2D eigenvalue weighted by atomic mass is 16.6. The van der Waals surface area contributed by atoms with Crippen molar-refractivity contribution in [2.24, 2.45) is 5.92 Å². The van der Waals surface area contributed by atoms with Crippen molar-refractivity contribution >= 4 is 12.0 Å². The summed E-state index contributed by atoms with van der Waals surface area (Å²) >= 11 is 0. The second-order valence-corrected chi connectivity index (χ2v) is 7.19. The molecule has 1 fully saturated rings. The Balaban J connectivity index is 1.71. The Hall–Kier alpha value is -1.98. The predicted molar refractivity (Wildman–Crippen MR) is 85.9 cm³/mol. The number of carbonyl (C=O) groups is 2. The smallest absolute Gasteiger partial charge is 0.410 e. The highest BCUT2D eigenvalue weighted by Crippen LogP contribution is 2.23. The van der Waals surface area contributed by atoms with Gasteiger partial charge in [0.15, 0.2) is 0 Å². The molecule has 1 atom stereocenters. The fourth-order valence-electron chi connectivity index (χ4n) is 2.49. The molecular weight excluding hydrogens is 296 g/mol. The number of aryl methyl sites for hydroxylation is 1. The van der Waals surface area contributed by atoms with Gasteiger partial charge in [0.25, 0.3) is 0 Å². The molecule has 0 bridgehead atoms. The summed E-state index contributed by atoms with van der Waals surface area (Å²) in [5.74, 6) is 1.74. The average molecular weight is 322 g/mol. The van der Waals surface area contributed by atoms with Crippen LogP contribution in [0.15, 0.2) is 16.5 Å². The Morgan fingerprint density at radius 2 is 2.04 bits per heavy atom. The quantitative estimate of drug-likeness (QED) is 0.925. The maximum Gasteiger partial charge on any atom is 0.410 e. The van der Waals surface area contributed by atoms with Crippen LogP contribution in [-0.2, 0) is 9.53 Å². The lowest BCUT2D eigenvalue weighted by molar-refractivity contribution is -0.124. The zero-order chi connectivity index (χ0) is 17.2. The van der Waals surface area contributed by atoms with Crippen molar-refractivity contribution in [3.63, 3.8) is 0 Å². The van der Waals surface area contributed by atoms with E-state index >= 15 is 0 Å². The molecule has 2 rings (SSSR count). The molecule has 0 saturated carbocycles. The van der Waals surface area contributed by atoms with Gasteiger partial charge in [-0.05, 0) is 46.8 Å². The first-order valence-electron chi connectivity index (χ1n) is 7.97. The maximum absolute atomic E-state index is 12.1. The van der Waals surface area contributed by atoms with E-state index in [-0.39, 0.29) is 24.0 Å². The van der Waals surface area contributed by atoms with Crippen molar-refractivity contribution in [1.82, 2.24) is 10.2 Å². The highest BCUT2D eigenvalue weighted by molar-refractivity contribution is 5.77. The summed E-state index contributed by atoms with van der Waals surface area (Å²) in [4.78, 5) is 25.5. The number of rotatable bonds is 4. The normalized spacial score (nSPS) is 16.7. The fraction of sp³-hybridized carbons (Fsp3) is 0.647. The van der Waals surface area contributed by atoms with Gasteiger partial charge >= 0.3 is 6.09 Å². The van der Waals surface area contributed by atoms with E-state index in [1.54, 1.807) is 4.90 Å². The molecule has 0 aliphatic carbocycles. The van der Waals surface area contributed by atoms with Gasteiger partial charge in [0.2, 0.25) is 5.91 Å². The SMILES string of the molecule is Cc1ccc([C@@H](C)NC(=O)CC2CN(C(=O)OC(C)(C)C)C2)o1. The first-order chi connectivity index (χ1) is 10.6. The molecule has 0 radical (unpaired) electrons. The third-order valence-electron chi connectivity index (χ3n) is 3.65. The van der Waals surface area contributed by atoms with E-state index in [9.17, 15) is 9.59 Å². The molecule has 1 saturated heterocycles. The van der Waals surface area contributed by atoms with Crippen LogP contribution in [0, 0.1) is 12.8 Å². The largest absolute Gasteiger partial charge is 0.464 e. The van der Waals surface area contributed by atoms with Crippen LogP contribution < -0.4 is 5.32 Å². The van der Waals surface area contributed by atoms with Crippen LogP contribution in [0.4, 0.5) is 4.79 Å². The van der Waals surface area contributed by atoms with E-state index in [0.717, 1.165) is 11.5 Å². The summed E-state index contributed by atoms with van der Waals surface area (Å²) < 4.78 is 10.8. The number of likely N-dealkylation sites (tertiary alicyclic amines) is 1. The van der Waals surface area contributed by atoms with Gasteiger partial charge in [-0.3, -0.25) is 4.79 Å². The summed E-state index contributed by atoms with van der Waals surface area (Å²) in [6, 6.07) is 3.59. The fourth-order valence-corrected chi connectivity index (χ4v) is 2.49. The summed E-state index contributed by atoms with van der Waals surface area (Å²) in [6.45, 7) is 10.4. The highest BCUT2D eigenvalue weighted by Gasteiger charge is 2.34. The van der Waals surface area contributed by atoms with Crippen molar-refractivity contribution in [1.29, 1.82) is 0 Å². The van der Waals surface area contributed by atoms with Crippen LogP contribution in [0.5, 0.6) is 0 Å². The Morgan fingerprint density at radius 1 is 1.39 bits per heavy atom. The Bertz CT molecular complexity index is 567. The molecule has 0 unspecified atom stereocenters. The Kier molecular flexibility index (Phi) is 5.02. The van der Waals surface area contributed by atoms with E-state index < -0.39 is 5.60 Å². The molecular formula is C17H26N2O4. The van der Waals surface area contributed by atoms with E-state index in [1.165, 1.54) is 0 Å². The number of nitrogens with one attached hydrogen (secondary N) is 1. The molecule has 1 aliphatic rings. The monoisotopic (exact) mass is 322 g/mol. The minimum atomic E-state index is -0.490. The molecule has 1 aromatic rings. The molecule has 23 heavy (non-hydrogen) atoms. The first kappa shape index (κ1) is 17.4. The predicted octanol–water partition coefficient (Wildman–Crippen LogP) is 3.02. The molecule has 128 valence electrons. The number of hydrogen-bond acceptors (Lipinski definition) is 4. The van der Waals surface area contributed by atoms with E-state index in [4.69, 9.17) is 9.15 Å². The lowest BCUT2D eigenvalue weighted by atomic mass is 9.96. The van der Waals surface area contributed by atoms with Crippen LogP contribution in [0.2, 0.25) is 0 Å². The van der Waals surface area contributed by atoms with Crippen LogP contribution in [-0.4, -0.2) is 35.6 Å². The lowest BCUT2D eigenvalue weighted by Gasteiger charge is -2.39. The summed E-state index contributed by atoms with van der Waals surface area (Å²) in [5.41, 5.74) is -0.490. The van der Waals surface area contributed by atoms with Gasteiger partial charge in [0.05, 0.1) is 6.04 Å². The summed E-state index contributed by atoms with van der Waals surface area (Å²) in [7, 11) is 0. The maximum atomic E-state index is 12.1. The van der Waals surface area contributed by atoms with Gasteiger partial charge in [-0.2, -0.15) is 0 Å². The number of hydrogen-bond donors (Lipinski definition) is 1. The number of nitrogens with zero attached hydrogens (tertiary/aromatic N) is 1. The lowest BCUT2D eigenvalue weighted by Crippen LogP contribution is -2.52. The van der Waals surface area contributed by atoms with Gasteiger partial charge in [-0.1, -0.05) is 0 Å². The molecule has 6 nitrogen and oxygen atoms in total. The van der Waals surface area contributed by atoms with Gasteiger partial charge in [0, 0.05) is 25.4 Å². The number of carbonyl (C=O) groups excluding carboxylic acids is 2. The topological polar surface area (TPSA) is 71.8 Å². The van der Waals surface area contributed by atoms with Gasteiger partial charge in [-0.25, -0.2) is 4.79 Å². The van der Waals surface area contributed by atoms with Crippen LogP contribution >= 0.6 is 0 Å². The summed E-state index contributed by atoms with van der Waals surface area (Å²) in [6.07, 6.45) is 0.0946. The van der Waals surface area contributed by atoms with Crippen molar-refractivity contribution in [3.8, 4) is 0 Å². The van der Waals surface area contributed by atoms with Crippen LogP contribution in [0.25, 0.3) is 0 Å². The minimum absolute atomic E-state index is 0.0274. The van der Waals surface area contributed by atoms with Crippen molar-refractivity contribution in [3.05, 3.63) is 23.7 Å². The van der Waals surface area contributed by atoms with E-state index in [0.29, 0.717) is 19.5 Å². The third kappa shape index (κ3) is 5.01. The van der Waals surface area contributed by atoms with Crippen molar-refractivity contribution in [2.45, 2.75) is 52.7 Å². The summed E-state index contributed by atoms with van der Waals surface area (Å²) in [5, 5.41) is 2.92. The molecule has 0 spiro atoms. The van der Waals surface area contributed by atoms with Crippen molar-refractivity contribution < 1.29 is 18.7 Å². The minimum Gasteiger partial charge on any atom is -0.464 e. The second kappa shape index (κ2) is 6.64. The zero-order valence-corrected chi connectivity index (χ0v) is 14.5. The van der Waals surface area contributed by atoms with Gasteiger partial charge in [0.1, 0.15) is 17.1 Å². The number of furan rings is 1. The molecule has 0 aromatic carbocycles. The second-order valence-electron chi connectivity index (χ2n) is 7.19. The molecule has 1 N–H and O–H groups in total. The number of amides is 2. The third-order valence-corrected chi connectivity index (χ3v) is 3.65. The van der Waals surface area contributed by atoms with E-state index in [2.05, 4.69) is 5.32 Å². The van der Waals surface area contributed by atoms with Gasteiger partial charge < -0.3 is 19.4 Å². The molecule has 2 amide bonds. The number of ether oxygens (including phenoxy) is 1. The van der Waals surface area contributed by atoms with E-state index in [1.807, 2.05) is 46.8 Å². The average Bonchev–Trinajstić information content (AvgIpc) is 2.77. The first-order valence-corrected chi connectivity index (χ1v) is 7.97. The van der Waals surface area contributed by atoms with Crippen LogP contribution in [0.3, 0.4) is 0 Å². The molecule has 1 aliphatic heterocycles. The zero-order valence-electron chi connectivity index (χ0n) is 14.5. The molecule has 6 heteroatoms. The molecule has 1 aromatic heterocycles. The molecule has 2 heterocycles. The standard InChI is InChI=1S/C17H26N2O4/c1-11-6-7-14(22-11)12(2)18-15(20)8-13-9-19(10-13)16(21)23-17(3,4)5/h6-7,12-13H,8-10H2,1-5H3,(H,18,20)/t12-/m1/s1. The van der Waals surface area contributed by atoms with Gasteiger partial charge in [-0.15, -0.1) is 0 Å². The Morgan fingerprint density at radius 3 is 2.57 bits per heavy atom.